The van der Waals surface area contributed by atoms with Crippen molar-refractivity contribution in [3.05, 3.63) is 42.0 Å². The molecular weight excluding hydrogens is 268 g/mol. The van der Waals surface area contributed by atoms with Crippen LogP contribution in [0, 0.1) is 5.92 Å². The number of hydrogen-bond donors (Lipinski definition) is 1. The zero-order chi connectivity index (χ0) is 14.7. The first-order valence-corrected chi connectivity index (χ1v) is 7.21. The molecule has 1 N–H and O–H groups in total. The fraction of sp³-hybridized carbons (Fsp3) is 0.353. The highest BCUT2D eigenvalue weighted by Crippen LogP contribution is 2.29. The van der Waals surface area contributed by atoms with Gasteiger partial charge in [0.1, 0.15) is 11.3 Å². The number of benzene rings is 2. The smallest absolute Gasteiger partial charge is 0.340 e. The van der Waals surface area contributed by atoms with Gasteiger partial charge in [-0.1, -0.05) is 30.3 Å². The maximum Gasteiger partial charge on any atom is 0.340 e. The van der Waals surface area contributed by atoms with Gasteiger partial charge < -0.3 is 14.6 Å². The zero-order valence-corrected chi connectivity index (χ0v) is 11.7. The number of carboxylic acids is 1. The van der Waals surface area contributed by atoms with Crippen molar-refractivity contribution in [2.24, 2.45) is 5.92 Å². The largest absolute Gasteiger partial charge is 0.492 e. The van der Waals surface area contributed by atoms with Gasteiger partial charge >= 0.3 is 5.97 Å². The van der Waals surface area contributed by atoms with Gasteiger partial charge in [0.25, 0.3) is 0 Å². The van der Waals surface area contributed by atoms with Gasteiger partial charge in [-0.15, -0.1) is 0 Å². The SMILES string of the molecule is O=C(O)c1c(OCC2CCOCC2)ccc2ccccc12. The molecule has 1 aliphatic rings. The quantitative estimate of drug-likeness (QED) is 0.936. The lowest BCUT2D eigenvalue weighted by Gasteiger charge is -2.22. The van der Waals surface area contributed by atoms with Gasteiger partial charge in [0.15, 0.2) is 0 Å². The Kier molecular flexibility index (Phi) is 4.06. The minimum Gasteiger partial charge on any atom is -0.492 e. The molecule has 1 aliphatic heterocycles. The highest BCUT2D eigenvalue weighted by molar-refractivity contribution is 6.06. The third-order valence-electron chi connectivity index (χ3n) is 3.92. The number of ether oxygens (including phenoxy) is 2. The van der Waals surface area contributed by atoms with Crippen molar-refractivity contribution in [1.82, 2.24) is 0 Å². The molecule has 2 aromatic carbocycles. The van der Waals surface area contributed by atoms with Crippen LogP contribution in [0.4, 0.5) is 0 Å². The second-order valence-electron chi connectivity index (χ2n) is 5.33. The summed E-state index contributed by atoms with van der Waals surface area (Å²) < 4.78 is 11.1. The highest BCUT2D eigenvalue weighted by Gasteiger charge is 2.18. The first-order chi connectivity index (χ1) is 10.3. The number of aromatic carboxylic acids is 1. The molecule has 0 unspecified atom stereocenters. The van der Waals surface area contributed by atoms with E-state index in [-0.39, 0.29) is 5.56 Å². The predicted molar refractivity (Wildman–Crippen MR) is 79.9 cm³/mol. The Balaban J connectivity index is 1.87. The summed E-state index contributed by atoms with van der Waals surface area (Å²) >= 11 is 0. The van der Waals surface area contributed by atoms with Crippen LogP contribution in [0.3, 0.4) is 0 Å². The Labute approximate surface area is 123 Å². The molecule has 0 radical (unpaired) electrons. The summed E-state index contributed by atoms with van der Waals surface area (Å²) in [4.78, 5) is 11.6. The van der Waals surface area contributed by atoms with Gasteiger partial charge in [0.2, 0.25) is 0 Å². The second kappa shape index (κ2) is 6.14. The van der Waals surface area contributed by atoms with Crippen molar-refractivity contribution >= 4 is 16.7 Å². The van der Waals surface area contributed by atoms with Crippen LogP contribution < -0.4 is 4.74 Å². The minimum absolute atomic E-state index is 0.250. The zero-order valence-electron chi connectivity index (χ0n) is 11.7. The van der Waals surface area contributed by atoms with Crippen LogP contribution in [0.25, 0.3) is 10.8 Å². The topological polar surface area (TPSA) is 55.8 Å². The Bertz CT molecular complexity index is 644. The van der Waals surface area contributed by atoms with Gasteiger partial charge in [-0.3, -0.25) is 0 Å². The molecule has 1 fully saturated rings. The molecule has 4 heteroatoms. The van der Waals surface area contributed by atoms with Crippen LogP contribution in [0.15, 0.2) is 36.4 Å². The summed E-state index contributed by atoms with van der Waals surface area (Å²) in [5, 5.41) is 11.1. The summed E-state index contributed by atoms with van der Waals surface area (Å²) in [5.41, 5.74) is 0.250. The Morgan fingerprint density at radius 3 is 2.71 bits per heavy atom. The molecule has 1 heterocycles. The maximum atomic E-state index is 11.6. The summed E-state index contributed by atoms with van der Waals surface area (Å²) in [6, 6.07) is 11.1. The monoisotopic (exact) mass is 286 g/mol. The molecule has 4 nitrogen and oxygen atoms in total. The highest BCUT2D eigenvalue weighted by atomic mass is 16.5. The van der Waals surface area contributed by atoms with E-state index in [1.54, 1.807) is 6.07 Å². The number of fused-ring (bicyclic) bond motifs is 1. The lowest BCUT2D eigenvalue weighted by atomic mass is 10.0. The van der Waals surface area contributed by atoms with E-state index in [9.17, 15) is 9.90 Å². The Morgan fingerprint density at radius 2 is 1.95 bits per heavy atom. The van der Waals surface area contributed by atoms with Gasteiger partial charge in [0, 0.05) is 13.2 Å². The minimum atomic E-state index is -0.950. The number of hydrogen-bond acceptors (Lipinski definition) is 3. The van der Waals surface area contributed by atoms with Crippen LogP contribution in [-0.4, -0.2) is 30.9 Å². The lowest BCUT2D eigenvalue weighted by Crippen LogP contribution is -2.22. The van der Waals surface area contributed by atoms with Crippen molar-refractivity contribution in [3.63, 3.8) is 0 Å². The molecule has 21 heavy (non-hydrogen) atoms. The first-order valence-electron chi connectivity index (χ1n) is 7.21. The van der Waals surface area contributed by atoms with Gasteiger partial charge in [-0.25, -0.2) is 4.79 Å². The lowest BCUT2D eigenvalue weighted by molar-refractivity contribution is 0.0490. The molecule has 0 saturated carbocycles. The van der Waals surface area contributed by atoms with Crippen molar-refractivity contribution in [3.8, 4) is 5.75 Å². The summed E-state index contributed by atoms with van der Waals surface area (Å²) in [5.74, 6) is -0.0617. The molecule has 110 valence electrons. The third-order valence-corrected chi connectivity index (χ3v) is 3.92. The van der Waals surface area contributed by atoms with Crippen LogP contribution >= 0.6 is 0 Å². The molecule has 0 atom stereocenters. The van der Waals surface area contributed by atoms with Gasteiger partial charge in [-0.2, -0.15) is 0 Å². The average molecular weight is 286 g/mol. The van der Waals surface area contributed by atoms with E-state index in [0.717, 1.165) is 36.8 Å². The molecule has 2 aromatic rings. The third kappa shape index (κ3) is 3.00. The van der Waals surface area contributed by atoms with Crippen LogP contribution in [-0.2, 0) is 4.74 Å². The molecule has 3 rings (SSSR count). The van der Waals surface area contributed by atoms with Crippen molar-refractivity contribution in [2.45, 2.75) is 12.8 Å². The van der Waals surface area contributed by atoms with E-state index >= 15 is 0 Å². The molecule has 0 spiro atoms. The number of carboxylic acid groups (broad SMARTS) is 1. The van der Waals surface area contributed by atoms with Crippen LogP contribution in [0.2, 0.25) is 0 Å². The maximum absolute atomic E-state index is 11.6. The molecule has 1 saturated heterocycles. The standard InChI is InChI=1S/C17H18O4/c18-17(19)16-14-4-2-1-3-13(14)5-6-15(16)21-11-12-7-9-20-10-8-12/h1-6,12H,7-11H2,(H,18,19). The number of carbonyl (C=O) groups is 1. The van der Waals surface area contributed by atoms with E-state index in [1.807, 2.05) is 30.3 Å². The van der Waals surface area contributed by atoms with E-state index in [2.05, 4.69) is 0 Å². The van der Waals surface area contributed by atoms with Crippen molar-refractivity contribution in [2.75, 3.05) is 19.8 Å². The first kappa shape index (κ1) is 13.9. The van der Waals surface area contributed by atoms with E-state index in [1.165, 1.54) is 0 Å². The average Bonchev–Trinajstić information content (AvgIpc) is 2.53. The molecule has 0 aromatic heterocycles. The van der Waals surface area contributed by atoms with E-state index in [4.69, 9.17) is 9.47 Å². The molecule has 0 amide bonds. The molecular formula is C17H18O4. The molecule has 0 bridgehead atoms. The van der Waals surface area contributed by atoms with Crippen molar-refractivity contribution < 1.29 is 19.4 Å². The number of rotatable bonds is 4. The summed E-state index contributed by atoms with van der Waals surface area (Å²) in [6.45, 7) is 2.07. The second-order valence-corrected chi connectivity index (χ2v) is 5.33. The van der Waals surface area contributed by atoms with E-state index < -0.39 is 5.97 Å². The van der Waals surface area contributed by atoms with Gasteiger partial charge in [0.05, 0.1) is 6.61 Å². The van der Waals surface area contributed by atoms with Gasteiger partial charge in [-0.05, 0) is 35.6 Å². The van der Waals surface area contributed by atoms with Crippen LogP contribution in [0.1, 0.15) is 23.2 Å². The van der Waals surface area contributed by atoms with E-state index in [0.29, 0.717) is 18.3 Å². The predicted octanol–water partition coefficient (Wildman–Crippen LogP) is 3.34. The Morgan fingerprint density at radius 1 is 1.19 bits per heavy atom. The van der Waals surface area contributed by atoms with Crippen molar-refractivity contribution in [1.29, 1.82) is 0 Å². The fourth-order valence-electron chi connectivity index (χ4n) is 2.71. The fourth-order valence-corrected chi connectivity index (χ4v) is 2.71. The normalized spacial score (nSPS) is 16.0. The Hall–Kier alpha value is -2.07. The van der Waals surface area contributed by atoms with Crippen LogP contribution in [0.5, 0.6) is 5.75 Å². The molecule has 0 aliphatic carbocycles. The summed E-state index contributed by atoms with van der Waals surface area (Å²) in [7, 11) is 0. The summed E-state index contributed by atoms with van der Waals surface area (Å²) in [6.07, 6.45) is 1.94.